The van der Waals surface area contributed by atoms with Gasteiger partial charge in [-0.3, -0.25) is 0 Å². The lowest BCUT2D eigenvalue weighted by molar-refractivity contribution is 0.242. The zero-order chi connectivity index (χ0) is 18.7. The largest absolute Gasteiger partial charge is 0.491 e. The number of ether oxygens (including phenoxy) is 1. The molecule has 1 atom stereocenters. The van der Waals surface area contributed by atoms with Crippen molar-refractivity contribution in [1.29, 1.82) is 0 Å². The molecule has 0 saturated heterocycles. The molecule has 1 heterocycles. The molecular weight excluding hydrogens is 404 g/mol. The van der Waals surface area contributed by atoms with Crippen LogP contribution in [0.1, 0.15) is 19.4 Å². The molecule has 3 aromatic rings. The van der Waals surface area contributed by atoms with Gasteiger partial charge in [0.05, 0.1) is 16.7 Å². The molecule has 0 aliphatic heterocycles. The molecule has 2 aromatic carbocycles. The summed E-state index contributed by atoms with van der Waals surface area (Å²) >= 11 is 3.74. The van der Waals surface area contributed by atoms with Crippen LogP contribution in [0.2, 0.25) is 0 Å². The van der Waals surface area contributed by atoms with Crippen molar-refractivity contribution in [3.63, 3.8) is 0 Å². The fourth-order valence-electron chi connectivity index (χ4n) is 2.56. The Kier molecular flexibility index (Phi) is 6.37. The summed E-state index contributed by atoms with van der Waals surface area (Å²) in [6, 6.07) is 15.8. The highest BCUT2D eigenvalue weighted by Crippen LogP contribution is 2.41. The van der Waals surface area contributed by atoms with E-state index in [1.54, 1.807) is 20.7 Å². The summed E-state index contributed by atoms with van der Waals surface area (Å²) in [6.07, 6.45) is 0.140. The standard InChI is InChI=1S/C19H18O3S4/c1-12(2)22-16-9-7-14(8-10-16)17-18(24-25-19(17)23)15-5-3-13(4-6-15)11-26(20)21/h3-10,12H,11H2,1-2H3,(H,20,21). The van der Waals surface area contributed by atoms with Crippen LogP contribution in [0, 0.1) is 3.82 Å². The van der Waals surface area contributed by atoms with E-state index in [0.717, 1.165) is 36.7 Å². The molecule has 0 saturated carbocycles. The number of benzene rings is 2. The Morgan fingerprint density at radius 1 is 1.04 bits per heavy atom. The SMILES string of the molecule is CC(C)Oc1ccc(-c2c(-c3ccc(CS(=O)O)cc3)ssc2=S)cc1. The molecule has 0 spiro atoms. The van der Waals surface area contributed by atoms with E-state index in [2.05, 4.69) is 0 Å². The predicted octanol–water partition coefficient (Wildman–Crippen LogP) is 6.38. The van der Waals surface area contributed by atoms with Crippen molar-refractivity contribution in [1.82, 2.24) is 0 Å². The Labute approximate surface area is 168 Å². The molecule has 7 heteroatoms. The third-order valence-electron chi connectivity index (χ3n) is 3.65. The van der Waals surface area contributed by atoms with Gasteiger partial charge in [0.25, 0.3) is 0 Å². The molecule has 0 fully saturated rings. The topological polar surface area (TPSA) is 46.5 Å². The molecule has 1 N–H and O–H groups in total. The molecule has 1 aromatic heterocycles. The van der Waals surface area contributed by atoms with Crippen molar-refractivity contribution < 1.29 is 13.5 Å². The van der Waals surface area contributed by atoms with Gasteiger partial charge in [-0.15, -0.1) is 0 Å². The normalized spacial score (nSPS) is 12.3. The lowest BCUT2D eigenvalue weighted by Gasteiger charge is -2.10. The zero-order valence-electron chi connectivity index (χ0n) is 14.3. The van der Waals surface area contributed by atoms with E-state index < -0.39 is 11.1 Å². The van der Waals surface area contributed by atoms with Crippen LogP contribution in [0.3, 0.4) is 0 Å². The molecule has 0 radical (unpaired) electrons. The molecule has 3 nitrogen and oxygen atoms in total. The summed E-state index contributed by atoms with van der Waals surface area (Å²) in [4.78, 5) is 1.12. The molecule has 0 amide bonds. The highest BCUT2D eigenvalue weighted by molar-refractivity contribution is 7.80. The summed E-state index contributed by atoms with van der Waals surface area (Å²) in [7, 11) is 3.24. The maximum absolute atomic E-state index is 11.0. The molecule has 0 aliphatic carbocycles. The first kappa shape index (κ1) is 19.4. The van der Waals surface area contributed by atoms with Crippen LogP contribution in [-0.4, -0.2) is 14.9 Å². The maximum atomic E-state index is 11.0. The van der Waals surface area contributed by atoms with Gasteiger partial charge in [0.1, 0.15) is 9.57 Å². The average molecular weight is 423 g/mol. The van der Waals surface area contributed by atoms with Gasteiger partial charge in [-0.1, -0.05) is 69.3 Å². The minimum atomic E-state index is -1.83. The van der Waals surface area contributed by atoms with Crippen molar-refractivity contribution in [2.24, 2.45) is 0 Å². The van der Waals surface area contributed by atoms with Gasteiger partial charge >= 0.3 is 0 Å². The van der Waals surface area contributed by atoms with E-state index in [1.807, 2.05) is 62.4 Å². The number of rotatable bonds is 6. The third-order valence-corrected chi connectivity index (χ3v) is 7.30. The summed E-state index contributed by atoms with van der Waals surface area (Å²) in [5.74, 6) is 0.987. The fourth-order valence-corrected chi connectivity index (χ4v) is 5.96. The first-order valence-corrected chi connectivity index (χ1v) is 11.8. The van der Waals surface area contributed by atoms with E-state index in [1.165, 1.54) is 0 Å². The van der Waals surface area contributed by atoms with Gasteiger partial charge in [0.15, 0.2) is 11.1 Å². The number of hydrogen-bond donors (Lipinski definition) is 1. The van der Waals surface area contributed by atoms with Crippen LogP contribution < -0.4 is 4.74 Å². The van der Waals surface area contributed by atoms with Crippen molar-refractivity contribution in [2.45, 2.75) is 25.7 Å². The second-order valence-corrected chi connectivity index (χ2v) is 9.76. The highest BCUT2D eigenvalue weighted by Gasteiger charge is 2.13. The van der Waals surface area contributed by atoms with Gasteiger partial charge in [-0.05, 0) is 42.7 Å². The third kappa shape index (κ3) is 4.66. The van der Waals surface area contributed by atoms with Crippen molar-refractivity contribution in [3.05, 3.63) is 57.9 Å². The Morgan fingerprint density at radius 2 is 1.65 bits per heavy atom. The average Bonchev–Trinajstić information content (AvgIpc) is 2.97. The van der Waals surface area contributed by atoms with Crippen molar-refractivity contribution in [3.8, 4) is 27.3 Å². The minimum absolute atomic E-state index is 0.140. The molecule has 0 bridgehead atoms. The summed E-state index contributed by atoms with van der Waals surface area (Å²) in [6.45, 7) is 4.01. The maximum Gasteiger partial charge on any atom is 0.157 e. The predicted molar refractivity (Wildman–Crippen MR) is 114 cm³/mol. The van der Waals surface area contributed by atoms with Gasteiger partial charge < -0.3 is 9.29 Å². The Balaban J connectivity index is 1.94. The summed E-state index contributed by atoms with van der Waals surface area (Å²) in [5.41, 5.74) is 4.03. The minimum Gasteiger partial charge on any atom is -0.491 e. The van der Waals surface area contributed by atoms with Crippen molar-refractivity contribution >= 4 is 44.0 Å². The van der Waals surface area contributed by atoms with Crippen LogP contribution in [0.4, 0.5) is 0 Å². The van der Waals surface area contributed by atoms with Crippen LogP contribution in [0.5, 0.6) is 5.75 Å². The van der Waals surface area contributed by atoms with Crippen LogP contribution in [0.15, 0.2) is 48.5 Å². The van der Waals surface area contributed by atoms with Gasteiger partial charge in [-0.2, -0.15) is 0 Å². The second kappa shape index (κ2) is 8.54. The quantitative estimate of drug-likeness (QED) is 0.284. The van der Waals surface area contributed by atoms with E-state index in [0.29, 0.717) is 0 Å². The zero-order valence-corrected chi connectivity index (χ0v) is 17.6. The van der Waals surface area contributed by atoms with E-state index in [9.17, 15) is 4.21 Å². The van der Waals surface area contributed by atoms with Gasteiger partial charge in [0.2, 0.25) is 0 Å². The molecule has 136 valence electrons. The number of hydrogen-bond acceptors (Lipinski definition) is 5. The van der Waals surface area contributed by atoms with E-state index in [-0.39, 0.29) is 11.9 Å². The smallest absolute Gasteiger partial charge is 0.157 e. The van der Waals surface area contributed by atoms with E-state index in [4.69, 9.17) is 21.5 Å². The fraction of sp³-hybridized carbons (Fsp3) is 0.211. The molecule has 0 aliphatic rings. The first-order chi connectivity index (χ1) is 12.4. The van der Waals surface area contributed by atoms with Crippen LogP contribution in [0.25, 0.3) is 21.6 Å². The van der Waals surface area contributed by atoms with Crippen LogP contribution >= 0.6 is 32.9 Å². The second-order valence-electron chi connectivity index (χ2n) is 6.01. The highest BCUT2D eigenvalue weighted by atomic mass is 32.9. The van der Waals surface area contributed by atoms with Crippen LogP contribution in [-0.2, 0) is 16.8 Å². The molecule has 3 rings (SSSR count). The Bertz CT molecular complexity index is 954. The molecular formula is C19H18O3S4. The molecule has 26 heavy (non-hydrogen) atoms. The van der Waals surface area contributed by atoms with Gasteiger partial charge in [-0.25, -0.2) is 4.21 Å². The van der Waals surface area contributed by atoms with Crippen molar-refractivity contribution in [2.75, 3.05) is 0 Å². The molecule has 1 unspecified atom stereocenters. The van der Waals surface area contributed by atoms with E-state index >= 15 is 0 Å². The Morgan fingerprint density at radius 3 is 2.23 bits per heavy atom. The van der Waals surface area contributed by atoms with Gasteiger partial charge in [0, 0.05) is 5.56 Å². The monoisotopic (exact) mass is 422 g/mol. The lowest BCUT2D eigenvalue weighted by Crippen LogP contribution is -2.05. The first-order valence-electron chi connectivity index (χ1n) is 8.01. The summed E-state index contributed by atoms with van der Waals surface area (Å²) in [5, 5.41) is 0. The Hall–Kier alpha value is -1.38. The lowest BCUT2D eigenvalue weighted by atomic mass is 10.0. The summed E-state index contributed by atoms with van der Waals surface area (Å²) < 4.78 is 26.5.